The van der Waals surface area contributed by atoms with Crippen LogP contribution >= 0.6 is 0 Å². The SMILES string of the molecule is N#Cc1nccnc1NCCN1CCCC(CO)C1. The first-order chi connectivity index (χ1) is 9.33. The van der Waals surface area contributed by atoms with E-state index in [0.717, 1.165) is 39.0 Å². The van der Waals surface area contributed by atoms with Crippen molar-refractivity contribution in [1.29, 1.82) is 5.26 Å². The number of nitrogens with one attached hydrogen (secondary N) is 1. The zero-order chi connectivity index (χ0) is 13.5. The molecule has 1 aromatic rings. The first-order valence-corrected chi connectivity index (χ1v) is 6.61. The molecule has 1 saturated heterocycles. The highest BCUT2D eigenvalue weighted by Gasteiger charge is 2.18. The van der Waals surface area contributed by atoms with Gasteiger partial charge in [-0.1, -0.05) is 0 Å². The fourth-order valence-corrected chi connectivity index (χ4v) is 2.39. The average molecular weight is 261 g/mol. The fourth-order valence-electron chi connectivity index (χ4n) is 2.39. The van der Waals surface area contributed by atoms with Gasteiger partial charge in [-0.2, -0.15) is 5.26 Å². The lowest BCUT2D eigenvalue weighted by Gasteiger charge is -2.31. The first-order valence-electron chi connectivity index (χ1n) is 6.61. The van der Waals surface area contributed by atoms with Crippen LogP contribution in [0.25, 0.3) is 0 Å². The number of aliphatic hydroxyl groups is 1. The highest BCUT2D eigenvalue weighted by molar-refractivity contribution is 5.46. The largest absolute Gasteiger partial charge is 0.396 e. The Kier molecular flexibility index (Phi) is 5.07. The molecule has 0 bridgehead atoms. The molecule has 1 unspecified atom stereocenters. The summed E-state index contributed by atoms with van der Waals surface area (Å²) in [6.45, 7) is 3.91. The molecular weight excluding hydrogens is 242 g/mol. The Labute approximate surface area is 113 Å². The Morgan fingerprint density at radius 1 is 1.47 bits per heavy atom. The number of aromatic nitrogens is 2. The van der Waals surface area contributed by atoms with Crippen LogP contribution in [0.5, 0.6) is 0 Å². The second-order valence-corrected chi connectivity index (χ2v) is 4.78. The summed E-state index contributed by atoms with van der Waals surface area (Å²) in [5, 5.41) is 21.2. The average Bonchev–Trinajstić information content (AvgIpc) is 2.48. The highest BCUT2D eigenvalue weighted by atomic mass is 16.3. The Balaban J connectivity index is 1.79. The van der Waals surface area contributed by atoms with Crippen molar-refractivity contribution in [3.63, 3.8) is 0 Å². The van der Waals surface area contributed by atoms with E-state index in [1.807, 2.05) is 6.07 Å². The van der Waals surface area contributed by atoms with E-state index in [2.05, 4.69) is 20.2 Å². The van der Waals surface area contributed by atoms with Gasteiger partial charge in [0, 0.05) is 38.6 Å². The molecule has 1 aliphatic rings. The van der Waals surface area contributed by atoms with Crippen molar-refractivity contribution in [3.8, 4) is 6.07 Å². The molecule has 0 saturated carbocycles. The zero-order valence-corrected chi connectivity index (χ0v) is 10.9. The monoisotopic (exact) mass is 261 g/mol. The van der Waals surface area contributed by atoms with Gasteiger partial charge in [-0.05, 0) is 25.3 Å². The maximum atomic E-state index is 9.18. The number of likely N-dealkylation sites (tertiary alicyclic amines) is 1. The molecule has 0 spiro atoms. The zero-order valence-electron chi connectivity index (χ0n) is 10.9. The van der Waals surface area contributed by atoms with Gasteiger partial charge in [0.1, 0.15) is 6.07 Å². The molecule has 1 aliphatic heterocycles. The Morgan fingerprint density at radius 3 is 3.11 bits per heavy atom. The van der Waals surface area contributed by atoms with E-state index >= 15 is 0 Å². The number of nitriles is 1. The standard InChI is InChI=1S/C13H19N5O/c14-8-12-13(16-4-3-15-12)17-5-7-18-6-1-2-11(9-18)10-19/h3-4,11,19H,1-2,5-7,9-10H2,(H,16,17). The minimum Gasteiger partial charge on any atom is -0.396 e. The number of hydrogen-bond donors (Lipinski definition) is 2. The van der Waals surface area contributed by atoms with Gasteiger partial charge in [0.15, 0.2) is 11.5 Å². The molecule has 1 atom stereocenters. The first kappa shape index (κ1) is 13.7. The van der Waals surface area contributed by atoms with Crippen LogP contribution < -0.4 is 5.32 Å². The van der Waals surface area contributed by atoms with Crippen molar-refractivity contribution in [3.05, 3.63) is 18.1 Å². The predicted molar refractivity (Wildman–Crippen MR) is 71.5 cm³/mol. The normalized spacial score (nSPS) is 19.9. The summed E-state index contributed by atoms with van der Waals surface area (Å²) < 4.78 is 0. The van der Waals surface area contributed by atoms with Crippen LogP contribution in [0.2, 0.25) is 0 Å². The van der Waals surface area contributed by atoms with Gasteiger partial charge in [-0.25, -0.2) is 9.97 Å². The smallest absolute Gasteiger partial charge is 0.182 e. The van der Waals surface area contributed by atoms with Gasteiger partial charge in [-0.15, -0.1) is 0 Å². The van der Waals surface area contributed by atoms with Gasteiger partial charge in [0.25, 0.3) is 0 Å². The van der Waals surface area contributed by atoms with Crippen molar-refractivity contribution < 1.29 is 5.11 Å². The van der Waals surface area contributed by atoms with Crippen molar-refractivity contribution >= 4 is 5.82 Å². The van der Waals surface area contributed by atoms with E-state index in [-0.39, 0.29) is 6.61 Å². The molecule has 1 fully saturated rings. The van der Waals surface area contributed by atoms with Gasteiger partial charge >= 0.3 is 0 Å². The number of anilines is 1. The summed E-state index contributed by atoms with van der Waals surface area (Å²) in [5.41, 5.74) is 0.328. The molecule has 0 radical (unpaired) electrons. The maximum Gasteiger partial charge on any atom is 0.182 e. The van der Waals surface area contributed by atoms with E-state index in [9.17, 15) is 5.11 Å². The van der Waals surface area contributed by atoms with Crippen LogP contribution in [-0.4, -0.2) is 52.8 Å². The topological polar surface area (TPSA) is 85.1 Å². The third kappa shape index (κ3) is 3.88. The van der Waals surface area contributed by atoms with Gasteiger partial charge in [0.05, 0.1) is 0 Å². The van der Waals surface area contributed by atoms with Crippen LogP contribution in [0.15, 0.2) is 12.4 Å². The van der Waals surface area contributed by atoms with Gasteiger partial charge in [0.2, 0.25) is 0 Å². The minimum atomic E-state index is 0.271. The Bertz CT molecular complexity index is 445. The van der Waals surface area contributed by atoms with Crippen molar-refractivity contribution in [1.82, 2.24) is 14.9 Å². The number of nitrogens with zero attached hydrogens (tertiary/aromatic N) is 4. The molecule has 0 aromatic carbocycles. The second kappa shape index (κ2) is 7.02. The van der Waals surface area contributed by atoms with Crippen molar-refractivity contribution in [2.45, 2.75) is 12.8 Å². The molecule has 0 amide bonds. The van der Waals surface area contributed by atoms with E-state index in [4.69, 9.17) is 5.26 Å². The van der Waals surface area contributed by atoms with Crippen LogP contribution in [-0.2, 0) is 0 Å². The molecule has 1 aromatic heterocycles. The molecular formula is C13H19N5O. The van der Waals surface area contributed by atoms with Crippen LogP contribution in [0.1, 0.15) is 18.5 Å². The lowest BCUT2D eigenvalue weighted by Crippen LogP contribution is -2.39. The van der Waals surface area contributed by atoms with Crippen molar-refractivity contribution in [2.75, 3.05) is 38.1 Å². The molecule has 0 aliphatic carbocycles. The summed E-state index contributed by atoms with van der Waals surface area (Å²) in [6, 6.07) is 2.02. The second-order valence-electron chi connectivity index (χ2n) is 4.78. The summed E-state index contributed by atoms with van der Waals surface area (Å²) >= 11 is 0. The Hall–Kier alpha value is -1.71. The van der Waals surface area contributed by atoms with E-state index in [1.54, 1.807) is 6.20 Å². The van der Waals surface area contributed by atoms with Crippen LogP contribution in [0.4, 0.5) is 5.82 Å². The Morgan fingerprint density at radius 2 is 2.32 bits per heavy atom. The molecule has 19 heavy (non-hydrogen) atoms. The number of aliphatic hydroxyl groups excluding tert-OH is 1. The van der Waals surface area contributed by atoms with Gasteiger partial charge in [-0.3, -0.25) is 0 Å². The maximum absolute atomic E-state index is 9.18. The van der Waals surface area contributed by atoms with Crippen molar-refractivity contribution in [2.24, 2.45) is 5.92 Å². The summed E-state index contributed by atoms with van der Waals surface area (Å²) in [5.74, 6) is 0.945. The number of piperidine rings is 1. The minimum absolute atomic E-state index is 0.271. The van der Waals surface area contributed by atoms with E-state index in [1.165, 1.54) is 6.20 Å². The van der Waals surface area contributed by atoms with Crippen LogP contribution in [0, 0.1) is 17.2 Å². The van der Waals surface area contributed by atoms with E-state index < -0.39 is 0 Å². The lowest BCUT2D eigenvalue weighted by molar-refractivity contribution is 0.123. The van der Waals surface area contributed by atoms with Gasteiger partial charge < -0.3 is 15.3 Å². The summed E-state index contributed by atoms with van der Waals surface area (Å²) in [7, 11) is 0. The third-order valence-electron chi connectivity index (χ3n) is 3.39. The fraction of sp³-hybridized carbons (Fsp3) is 0.615. The molecule has 102 valence electrons. The number of hydrogen-bond acceptors (Lipinski definition) is 6. The van der Waals surface area contributed by atoms with E-state index in [0.29, 0.717) is 17.4 Å². The summed E-state index contributed by atoms with van der Waals surface area (Å²) in [4.78, 5) is 10.4. The highest BCUT2D eigenvalue weighted by Crippen LogP contribution is 2.15. The molecule has 2 rings (SSSR count). The lowest BCUT2D eigenvalue weighted by atomic mass is 9.99. The molecule has 2 heterocycles. The molecule has 6 heteroatoms. The van der Waals surface area contributed by atoms with Crippen LogP contribution in [0.3, 0.4) is 0 Å². The third-order valence-corrected chi connectivity index (χ3v) is 3.39. The number of rotatable bonds is 5. The molecule has 2 N–H and O–H groups in total. The quantitative estimate of drug-likeness (QED) is 0.801. The molecule has 6 nitrogen and oxygen atoms in total. The summed E-state index contributed by atoms with van der Waals surface area (Å²) in [6.07, 6.45) is 5.34. The predicted octanol–water partition coefficient (Wildman–Crippen LogP) is 0.464.